The molecule has 0 aliphatic heterocycles. The van der Waals surface area contributed by atoms with Crippen molar-refractivity contribution < 1.29 is 0 Å². The molecule has 0 spiro atoms. The summed E-state index contributed by atoms with van der Waals surface area (Å²) in [7, 11) is 0. The van der Waals surface area contributed by atoms with E-state index in [-0.39, 0.29) is 0 Å². The normalized spacial score (nSPS) is 11.8. The van der Waals surface area contributed by atoms with Gasteiger partial charge in [0.15, 0.2) is 0 Å². The van der Waals surface area contributed by atoms with Crippen molar-refractivity contribution in [3.05, 3.63) is 0 Å². The van der Waals surface area contributed by atoms with Gasteiger partial charge in [0, 0.05) is 0 Å². The first-order valence-electron chi connectivity index (χ1n) is 50.9. The number of rotatable bonds is 99. The predicted octanol–water partition coefficient (Wildman–Crippen LogP) is 40.0. The predicted molar refractivity (Wildman–Crippen MR) is 473 cm³/mol. The second kappa shape index (κ2) is 101. The first-order valence-corrected chi connectivity index (χ1v) is 50.9. The van der Waals surface area contributed by atoms with Gasteiger partial charge in [-0.3, -0.25) is 0 Å². The molecule has 0 aliphatic rings. The maximum Gasteiger partial charge on any atom is -0.0533 e. The fourth-order valence-electron chi connectivity index (χ4n) is 17.5. The van der Waals surface area contributed by atoms with E-state index in [4.69, 9.17) is 0 Å². The van der Waals surface area contributed by atoms with E-state index in [0.717, 1.165) is 0 Å². The lowest BCUT2D eigenvalue weighted by atomic mass is 10.0. The standard InChI is InChI=1S/C102H206/c1-3-5-7-9-11-13-15-17-19-21-23-25-27-29-31-33-35-37-39-41-43-45-47-49-51-53-55-57-59-61-63-65-67-69-71-73-75-77-79-81-83-85-87-89-91-93-95-97-99-101-102-100-98-96-94-92-90-88-86-84-82-80-78-76-74-72-70-68-66-64-62-60-58-56-54-52-50-48-46-44-42-40-38-36-34-32-30-28-26-24-22-20-18-16-14-12-10-8-6-4-2/h3-102H2,1-2H3. The SMILES string of the molecule is CCCCCCCCCCCCCCCCCCCCCCCCCCCCCCCCCCCCCCCCCCCCCCCCCCCCCCCCCCCCCCCCCCCCCCCCCCCCCCCCCCCCCCCCCCCCCCCCCCCCCC. The second-order valence-electron chi connectivity index (χ2n) is 35.6. The van der Waals surface area contributed by atoms with E-state index in [9.17, 15) is 0 Å². The van der Waals surface area contributed by atoms with E-state index in [2.05, 4.69) is 13.8 Å². The zero-order valence-electron chi connectivity index (χ0n) is 72.7. The van der Waals surface area contributed by atoms with Crippen LogP contribution in [0.15, 0.2) is 0 Å². The first kappa shape index (κ1) is 102. The number of unbranched alkanes of at least 4 members (excludes halogenated alkanes) is 99. The van der Waals surface area contributed by atoms with Gasteiger partial charge < -0.3 is 0 Å². The fourth-order valence-corrected chi connectivity index (χ4v) is 17.5. The summed E-state index contributed by atoms with van der Waals surface area (Å²) in [5, 5.41) is 0. The van der Waals surface area contributed by atoms with Crippen molar-refractivity contribution in [3.8, 4) is 0 Å². The molecule has 0 aromatic heterocycles. The van der Waals surface area contributed by atoms with Crippen molar-refractivity contribution in [2.24, 2.45) is 0 Å². The zero-order valence-corrected chi connectivity index (χ0v) is 72.7. The minimum Gasteiger partial charge on any atom is -0.0654 e. The zero-order chi connectivity index (χ0) is 72.7. The summed E-state index contributed by atoms with van der Waals surface area (Å²) in [6, 6.07) is 0. The average Bonchev–Trinajstić information content (AvgIpc) is 3.74. The van der Waals surface area contributed by atoms with Crippen LogP contribution < -0.4 is 0 Å². The van der Waals surface area contributed by atoms with Crippen molar-refractivity contribution in [1.82, 2.24) is 0 Å². The summed E-state index contributed by atoms with van der Waals surface area (Å²) in [6.45, 7) is 4.64. The van der Waals surface area contributed by atoms with E-state index in [1.165, 1.54) is 642 Å². The van der Waals surface area contributed by atoms with Crippen molar-refractivity contribution >= 4 is 0 Å². The summed E-state index contributed by atoms with van der Waals surface area (Å²) < 4.78 is 0. The Morgan fingerprint density at radius 3 is 0.108 bits per heavy atom. The van der Waals surface area contributed by atoms with Gasteiger partial charge in [-0.1, -0.05) is 656 Å². The lowest BCUT2D eigenvalue weighted by Crippen LogP contribution is -1.85. The molecule has 0 N–H and O–H groups in total. The fraction of sp³-hybridized carbons (Fsp3) is 1.00. The third-order valence-corrected chi connectivity index (χ3v) is 25.0. The van der Waals surface area contributed by atoms with Gasteiger partial charge in [0.1, 0.15) is 0 Å². The summed E-state index contributed by atoms with van der Waals surface area (Å²) in [5.41, 5.74) is 0. The van der Waals surface area contributed by atoms with Crippen LogP contribution in [0.25, 0.3) is 0 Å². The largest absolute Gasteiger partial charge is 0.0654 e. The average molecular weight is 1430 g/mol. The Morgan fingerprint density at radius 2 is 0.0784 bits per heavy atom. The molecule has 0 bridgehead atoms. The minimum absolute atomic E-state index is 1.37. The van der Waals surface area contributed by atoms with E-state index >= 15 is 0 Å². The molecule has 0 heterocycles. The van der Waals surface area contributed by atoms with Crippen molar-refractivity contribution in [3.63, 3.8) is 0 Å². The Hall–Kier alpha value is 0. The molecule has 102 heavy (non-hydrogen) atoms. The van der Waals surface area contributed by atoms with Crippen LogP contribution in [-0.2, 0) is 0 Å². The van der Waals surface area contributed by atoms with Crippen LogP contribution in [0, 0.1) is 0 Å². The Morgan fingerprint density at radius 1 is 0.0490 bits per heavy atom. The molecule has 0 amide bonds. The molecule has 0 unspecified atom stereocenters. The Labute approximate surface area is 652 Å². The third kappa shape index (κ3) is 100. The topological polar surface area (TPSA) is 0 Å². The van der Waals surface area contributed by atoms with E-state index in [1.807, 2.05) is 0 Å². The van der Waals surface area contributed by atoms with Gasteiger partial charge in [-0.05, 0) is 0 Å². The second-order valence-corrected chi connectivity index (χ2v) is 35.6. The van der Waals surface area contributed by atoms with Gasteiger partial charge in [-0.25, -0.2) is 0 Å². The number of hydrogen-bond donors (Lipinski definition) is 0. The molecule has 0 saturated carbocycles. The maximum absolute atomic E-state index is 2.32. The Balaban J connectivity index is 3.09. The van der Waals surface area contributed by atoms with E-state index in [1.54, 1.807) is 0 Å². The van der Waals surface area contributed by atoms with Gasteiger partial charge in [0.25, 0.3) is 0 Å². The Bertz CT molecular complexity index is 1230. The molecule has 0 aliphatic carbocycles. The van der Waals surface area contributed by atoms with Crippen LogP contribution in [0.3, 0.4) is 0 Å². The smallest absolute Gasteiger partial charge is 0.0533 e. The van der Waals surface area contributed by atoms with Crippen LogP contribution in [-0.4, -0.2) is 0 Å². The summed E-state index contributed by atoms with van der Waals surface area (Å²) >= 11 is 0. The van der Waals surface area contributed by atoms with Gasteiger partial charge in [-0.15, -0.1) is 0 Å². The van der Waals surface area contributed by atoms with Gasteiger partial charge in [-0.2, -0.15) is 0 Å². The molecule has 0 radical (unpaired) electrons. The highest BCUT2D eigenvalue weighted by atomic mass is 14.1. The monoisotopic (exact) mass is 1430 g/mol. The van der Waals surface area contributed by atoms with Crippen LogP contribution >= 0.6 is 0 Å². The summed E-state index contributed by atoms with van der Waals surface area (Å²) in [4.78, 5) is 0. The summed E-state index contributed by atoms with van der Waals surface area (Å²) in [6.07, 6.45) is 149. The lowest BCUT2D eigenvalue weighted by molar-refractivity contribution is 0.505. The van der Waals surface area contributed by atoms with Gasteiger partial charge in [0.05, 0.1) is 0 Å². The maximum atomic E-state index is 2.32. The quantitative estimate of drug-likeness (QED) is 0.0533. The van der Waals surface area contributed by atoms with Crippen molar-refractivity contribution in [2.45, 2.75) is 656 Å². The van der Waals surface area contributed by atoms with E-state index in [0.29, 0.717) is 0 Å². The molecule has 0 saturated heterocycles. The van der Waals surface area contributed by atoms with Crippen LogP contribution in [0.2, 0.25) is 0 Å². The van der Waals surface area contributed by atoms with Crippen LogP contribution in [0.1, 0.15) is 656 Å². The molecule has 0 nitrogen and oxygen atoms in total. The molecular weight excluding hydrogens is 1230 g/mol. The molecule has 0 atom stereocenters. The molecule has 614 valence electrons. The molecule has 0 rings (SSSR count). The number of hydrogen-bond acceptors (Lipinski definition) is 0. The first-order chi connectivity index (χ1) is 50.9. The van der Waals surface area contributed by atoms with E-state index < -0.39 is 0 Å². The molecular formula is C102H206. The van der Waals surface area contributed by atoms with Gasteiger partial charge in [0.2, 0.25) is 0 Å². The highest BCUT2D eigenvalue weighted by molar-refractivity contribution is 4.60. The molecule has 0 aromatic carbocycles. The van der Waals surface area contributed by atoms with Crippen molar-refractivity contribution in [1.29, 1.82) is 0 Å². The molecule has 0 heteroatoms. The Kier molecular flexibility index (Phi) is 101. The summed E-state index contributed by atoms with van der Waals surface area (Å²) in [5.74, 6) is 0. The third-order valence-electron chi connectivity index (χ3n) is 25.0. The molecule has 0 aromatic rings. The highest BCUT2D eigenvalue weighted by Gasteiger charge is 2.04. The molecule has 0 fully saturated rings. The van der Waals surface area contributed by atoms with Crippen molar-refractivity contribution in [2.75, 3.05) is 0 Å². The minimum atomic E-state index is 1.37. The van der Waals surface area contributed by atoms with Crippen LogP contribution in [0.4, 0.5) is 0 Å². The van der Waals surface area contributed by atoms with Crippen LogP contribution in [0.5, 0.6) is 0 Å². The van der Waals surface area contributed by atoms with Gasteiger partial charge >= 0.3 is 0 Å². The highest BCUT2D eigenvalue weighted by Crippen LogP contribution is 2.24. The lowest BCUT2D eigenvalue weighted by Gasteiger charge is -2.05.